The van der Waals surface area contributed by atoms with Crippen LogP contribution in [0, 0.1) is 13.8 Å². The number of nitrogens with zero attached hydrogens (tertiary/aromatic N) is 2. The van der Waals surface area contributed by atoms with Gasteiger partial charge in [-0.1, -0.05) is 0 Å². The van der Waals surface area contributed by atoms with Crippen molar-refractivity contribution in [1.29, 1.82) is 0 Å². The lowest BCUT2D eigenvalue weighted by molar-refractivity contribution is 0.0774. The third kappa shape index (κ3) is 2.62. The molecule has 1 aliphatic rings. The maximum atomic E-state index is 5.39. The van der Waals surface area contributed by atoms with Crippen LogP contribution in [-0.4, -0.2) is 22.4 Å². The molecule has 1 fully saturated rings. The van der Waals surface area contributed by atoms with Crippen LogP contribution in [0.25, 0.3) is 0 Å². The maximum Gasteiger partial charge on any atom is 0.139 e. The van der Waals surface area contributed by atoms with Gasteiger partial charge in [-0.15, -0.1) is 0 Å². The van der Waals surface area contributed by atoms with Gasteiger partial charge in [-0.3, -0.25) is 0 Å². The molecule has 1 aromatic heterocycles. The van der Waals surface area contributed by atoms with Crippen LogP contribution in [0.3, 0.4) is 0 Å². The Labute approximate surface area is 97.0 Å². The van der Waals surface area contributed by atoms with E-state index in [-0.39, 0.29) is 0 Å². The van der Waals surface area contributed by atoms with Crippen molar-refractivity contribution < 1.29 is 4.74 Å². The van der Waals surface area contributed by atoms with Crippen molar-refractivity contribution in [2.75, 3.05) is 6.61 Å². The Bertz CT molecular complexity index is 355. The second-order valence-electron chi connectivity index (χ2n) is 4.43. The van der Waals surface area contributed by atoms with Gasteiger partial charge in [0.1, 0.15) is 6.73 Å². The zero-order valence-corrected chi connectivity index (χ0v) is 10.4. The van der Waals surface area contributed by atoms with Crippen molar-refractivity contribution in [2.24, 2.45) is 0 Å². The summed E-state index contributed by atoms with van der Waals surface area (Å²) in [4.78, 5) is 0. The van der Waals surface area contributed by atoms with Gasteiger partial charge in [0, 0.05) is 30.5 Å². The predicted octanol–water partition coefficient (Wildman–Crippen LogP) is 1.75. The van der Waals surface area contributed by atoms with E-state index >= 15 is 0 Å². The molecule has 0 atom stereocenters. The molecule has 4 heteroatoms. The van der Waals surface area contributed by atoms with Crippen LogP contribution >= 0.6 is 0 Å². The standard InChI is InChI=1S/C12H21N3O/c1-4-16-8-15-10(3)12(9(2)14-15)7-13-11-5-6-11/h11,13H,4-8H2,1-3H3. The summed E-state index contributed by atoms with van der Waals surface area (Å²) >= 11 is 0. The van der Waals surface area contributed by atoms with Gasteiger partial charge in [-0.05, 0) is 33.6 Å². The average molecular weight is 223 g/mol. The van der Waals surface area contributed by atoms with Crippen molar-refractivity contribution in [1.82, 2.24) is 15.1 Å². The molecule has 1 heterocycles. The highest BCUT2D eigenvalue weighted by Gasteiger charge is 2.21. The zero-order valence-electron chi connectivity index (χ0n) is 10.4. The summed E-state index contributed by atoms with van der Waals surface area (Å²) in [5, 5.41) is 8.03. The van der Waals surface area contributed by atoms with Gasteiger partial charge in [-0.2, -0.15) is 5.10 Å². The molecule has 0 aliphatic heterocycles. The number of nitrogens with one attached hydrogen (secondary N) is 1. The lowest BCUT2D eigenvalue weighted by Crippen LogP contribution is -2.16. The van der Waals surface area contributed by atoms with Gasteiger partial charge < -0.3 is 10.1 Å². The van der Waals surface area contributed by atoms with Crippen molar-refractivity contribution >= 4 is 0 Å². The molecule has 0 saturated heterocycles. The summed E-state index contributed by atoms with van der Waals surface area (Å²) in [7, 11) is 0. The second-order valence-corrected chi connectivity index (χ2v) is 4.43. The highest BCUT2D eigenvalue weighted by Crippen LogP contribution is 2.20. The van der Waals surface area contributed by atoms with E-state index in [9.17, 15) is 0 Å². The average Bonchev–Trinajstić information content (AvgIpc) is 3.03. The molecule has 1 aromatic rings. The van der Waals surface area contributed by atoms with Crippen molar-refractivity contribution in [3.8, 4) is 0 Å². The number of aryl methyl sites for hydroxylation is 1. The smallest absolute Gasteiger partial charge is 0.139 e. The van der Waals surface area contributed by atoms with Crippen LogP contribution in [0.2, 0.25) is 0 Å². The van der Waals surface area contributed by atoms with Gasteiger partial charge in [-0.25, -0.2) is 4.68 Å². The molecule has 1 N–H and O–H groups in total. The normalized spacial score (nSPS) is 15.7. The van der Waals surface area contributed by atoms with E-state index in [0.717, 1.165) is 24.9 Å². The number of rotatable bonds is 6. The topological polar surface area (TPSA) is 39.1 Å². The van der Waals surface area contributed by atoms with Gasteiger partial charge in [0.25, 0.3) is 0 Å². The molecule has 16 heavy (non-hydrogen) atoms. The number of hydrogen-bond acceptors (Lipinski definition) is 3. The summed E-state index contributed by atoms with van der Waals surface area (Å²) in [6.07, 6.45) is 2.65. The molecular weight excluding hydrogens is 202 g/mol. The van der Waals surface area contributed by atoms with Crippen molar-refractivity contribution in [2.45, 2.75) is 52.9 Å². The minimum atomic E-state index is 0.562. The summed E-state index contributed by atoms with van der Waals surface area (Å²) in [5.74, 6) is 0. The molecule has 90 valence electrons. The lowest BCUT2D eigenvalue weighted by atomic mass is 10.2. The van der Waals surface area contributed by atoms with Gasteiger partial charge >= 0.3 is 0 Å². The molecule has 0 aromatic carbocycles. The summed E-state index contributed by atoms with van der Waals surface area (Å²) in [6, 6.07) is 0.744. The molecule has 4 nitrogen and oxygen atoms in total. The van der Waals surface area contributed by atoms with Crippen LogP contribution in [0.4, 0.5) is 0 Å². The third-order valence-corrected chi connectivity index (χ3v) is 3.09. The Morgan fingerprint density at radius 3 is 2.81 bits per heavy atom. The molecule has 0 spiro atoms. The Morgan fingerprint density at radius 2 is 2.19 bits per heavy atom. The van der Waals surface area contributed by atoms with Crippen LogP contribution in [-0.2, 0) is 18.0 Å². The van der Waals surface area contributed by atoms with E-state index in [4.69, 9.17) is 4.74 Å². The summed E-state index contributed by atoms with van der Waals surface area (Å²) in [6.45, 7) is 8.42. The summed E-state index contributed by atoms with van der Waals surface area (Å²) < 4.78 is 7.33. The van der Waals surface area contributed by atoms with Crippen LogP contribution in [0.5, 0.6) is 0 Å². The first-order chi connectivity index (χ1) is 7.72. The summed E-state index contributed by atoms with van der Waals surface area (Å²) in [5.41, 5.74) is 3.66. The highest BCUT2D eigenvalue weighted by molar-refractivity contribution is 5.24. The first-order valence-corrected chi connectivity index (χ1v) is 6.06. The molecular formula is C12H21N3O. The molecule has 1 aliphatic carbocycles. The van der Waals surface area contributed by atoms with Gasteiger partial charge in [0.05, 0.1) is 5.69 Å². The Balaban J connectivity index is 2.01. The molecule has 0 bridgehead atoms. The van der Waals surface area contributed by atoms with E-state index in [1.807, 2.05) is 11.6 Å². The third-order valence-electron chi connectivity index (χ3n) is 3.09. The predicted molar refractivity (Wildman–Crippen MR) is 63.2 cm³/mol. The van der Waals surface area contributed by atoms with Crippen molar-refractivity contribution in [3.63, 3.8) is 0 Å². The fraction of sp³-hybridized carbons (Fsp3) is 0.750. The first-order valence-electron chi connectivity index (χ1n) is 6.06. The zero-order chi connectivity index (χ0) is 11.5. The Kier molecular flexibility index (Phi) is 3.61. The maximum absolute atomic E-state index is 5.39. The lowest BCUT2D eigenvalue weighted by Gasteiger charge is -2.06. The number of aromatic nitrogens is 2. The van der Waals surface area contributed by atoms with Crippen molar-refractivity contribution in [3.05, 3.63) is 17.0 Å². The Morgan fingerprint density at radius 1 is 1.44 bits per heavy atom. The molecule has 2 rings (SSSR count). The molecule has 0 radical (unpaired) electrons. The quantitative estimate of drug-likeness (QED) is 0.798. The van der Waals surface area contributed by atoms with E-state index in [1.165, 1.54) is 24.1 Å². The number of ether oxygens (including phenoxy) is 1. The van der Waals surface area contributed by atoms with E-state index in [1.54, 1.807) is 0 Å². The second kappa shape index (κ2) is 4.97. The fourth-order valence-corrected chi connectivity index (χ4v) is 1.83. The monoisotopic (exact) mass is 223 g/mol. The number of hydrogen-bond donors (Lipinski definition) is 1. The SMILES string of the molecule is CCOCn1nc(C)c(CNC2CC2)c1C. The first kappa shape index (κ1) is 11.6. The molecule has 0 unspecified atom stereocenters. The van der Waals surface area contributed by atoms with Crippen LogP contribution in [0.1, 0.15) is 36.7 Å². The fourth-order valence-electron chi connectivity index (χ4n) is 1.83. The minimum absolute atomic E-state index is 0.562. The highest BCUT2D eigenvalue weighted by atomic mass is 16.5. The molecule has 0 amide bonds. The Hall–Kier alpha value is -0.870. The largest absolute Gasteiger partial charge is 0.360 e. The minimum Gasteiger partial charge on any atom is -0.360 e. The van der Waals surface area contributed by atoms with Crippen LogP contribution < -0.4 is 5.32 Å². The van der Waals surface area contributed by atoms with E-state index < -0.39 is 0 Å². The van der Waals surface area contributed by atoms with E-state index in [2.05, 4.69) is 24.3 Å². The van der Waals surface area contributed by atoms with Crippen LogP contribution in [0.15, 0.2) is 0 Å². The van der Waals surface area contributed by atoms with Gasteiger partial charge in [0.2, 0.25) is 0 Å². The van der Waals surface area contributed by atoms with Gasteiger partial charge in [0.15, 0.2) is 0 Å². The van der Waals surface area contributed by atoms with E-state index in [0.29, 0.717) is 6.73 Å². The molecule has 1 saturated carbocycles.